The van der Waals surface area contributed by atoms with Crippen molar-refractivity contribution in [3.8, 4) is 5.75 Å². The van der Waals surface area contributed by atoms with Gasteiger partial charge in [-0.1, -0.05) is 29.8 Å². The first-order valence-corrected chi connectivity index (χ1v) is 5.96. The van der Waals surface area contributed by atoms with E-state index >= 15 is 0 Å². The van der Waals surface area contributed by atoms with Gasteiger partial charge in [0.15, 0.2) is 6.10 Å². The van der Waals surface area contributed by atoms with Gasteiger partial charge in [-0.2, -0.15) is 0 Å². The number of carbonyl (C=O) groups is 1. The highest BCUT2D eigenvalue weighted by Crippen LogP contribution is 2.34. The highest BCUT2D eigenvalue weighted by Gasteiger charge is 2.23. The summed E-state index contributed by atoms with van der Waals surface area (Å²) < 4.78 is 5.16. The predicted molar refractivity (Wildman–Crippen MR) is 66.9 cm³/mol. The van der Waals surface area contributed by atoms with E-state index < -0.39 is 12.1 Å². The van der Waals surface area contributed by atoms with Crippen molar-refractivity contribution in [2.75, 3.05) is 7.11 Å². The van der Waals surface area contributed by atoms with Crippen molar-refractivity contribution in [3.63, 3.8) is 0 Å². The molecule has 2 N–H and O–H groups in total. The Labute approximate surface area is 108 Å². The maximum atomic E-state index is 11.2. The molecule has 1 aromatic carbocycles. The average molecular weight is 303 g/mol. The molecule has 0 saturated heterocycles. The molecule has 1 aromatic rings. The van der Waals surface area contributed by atoms with Gasteiger partial charge in [-0.15, -0.1) is 0 Å². The lowest BCUT2D eigenvalue weighted by atomic mass is 9.99. The van der Waals surface area contributed by atoms with Crippen LogP contribution in [-0.2, 0) is 9.53 Å². The minimum atomic E-state index is -1.47. The summed E-state index contributed by atoms with van der Waals surface area (Å²) in [5, 5.41) is 19.5. The van der Waals surface area contributed by atoms with Gasteiger partial charge in [0.25, 0.3) is 0 Å². The van der Waals surface area contributed by atoms with Gasteiger partial charge in [0, 0.05) is 10.0 Å². The molecular formula is C12H15BrO4. The van der Waals surface area contributed by atoms with Crippen molar-refractivity contribution in [2.45, 2.75) is 25.9 Å². The van der Waals surface area contributed by atoms with Gasteiger partial charge in [0.1, 0.15) is 5.75 Å². The van der Waals surface area contributed by atoms with E-state index in [0.29, 0.717) is 0 Å². The molecule has 0 aromatic heterocycles. The minimum Gasteiger partial charge on any atom is -0.508 e. The summed E-state index contributed by atoms with van der Waals surface area (Å²) >= 11 is 3.35. The van der Waals surface area contributed by atoms with E-state index in [-0.39, 0.29) is 17.2 Å². The second-order valence-corrected chi connectivity index (χ2v) is 4.87. The van der Waals surface area contributed by atoms with Crippen LogP contribution in [0.4, 0.5) is 0 Å². The monoisotopic (exact) mass is 302 g/mol. The lowest BCUT2D eigenvalue weighted by molar-refractivity contribution is -0.150. The van der Waals surface area contributed by atoms with Crippen LogP contribution in [0.2, 0.25) is 0 Å². The first-order chi connectivity index (χ1) is 7.88. The van der Waals surface area contributed by atoms with E-state index in [1.54, 1.807) is 0 Å². The maximum absolute atomic E-state index is 11.2. The second-order valence-electron chi connectivity index (χ2n) is 4.01. The number of hydrogen-bond donors (Lipinski definition) is 2. The lowest BCUT2D eigenvalue weighted by Gasteiger charge is -2.15. The van der Waals surface area contributed by atoms with Crippen LogP contribution in [0.5, 0.6) is 5.75 Å². The molecule has 5 heteroatoms. The standard InChI is InChI=1S/C12H15BrO4/c1-6(2)7-5-10(14)8(4-9(7)13)11(15)12(16)17-3/h4-6,11,14-15H,1-3H3. The zero-order valence-corrected chi connectivity index (χ0v) is 11.5. The second kappa shape index (κ2) is 5.51. The average Bonchev–Trinajstić information content (AvgIpc) is 2.29. The number of benzene rings is 1. The van der Waals surface area contributed by atoms with Crippen LogP contribution >= 0.6 is 15.9 Å². The number of hydrogen-bond acceptors (Lipinski definition) is 4. The number of aliphatic hydroxyl groups is 1. The van der Waals surface area contributed by atoms with Gasteiger partial charge in [0.2, 0.25) is 0 Å². The Hall–Kier alpha value is -1.07. The Morgan fingerprint density at radius 3 is 2.41 bits per heavy atom. The summed E-state index contributed by atoms with van der Waals surface area (Å²) in [6, 6.07) is 3.07. The van der Waals surface area contributed by atoms with Crippen molar-refractivity contribution in [1.82, 2.24) is 0 Å². The van der Waals surface area contributed by atoms with E-state index in [2.05, 4.69) is 20.7 Å². The molecule has 1 rings (SSSR count). The third kappa shape index (κ3) is 2.98. The highest BCUT2D eigenvalue weighted by atomic mass is 79.9. The summed E-state index contributed by atoms with van der Waals surface area (Å²) in [5.41, 5.74) is 1.04. The Bertz CT molecular complexity index is 429. The van der Waals surface area contributed by atoms with Crippen LogP contribution in [0.15, 0.2) is 16.6 Å². The number of phenols is 1. The summed E-state index contributed by atoms with van der Waals surface area (Å²) in [6.45, 7) is 3.96. The molecule has 0 heterocycles. The summed E-state index contributed by atoms with van der Waals surface area (Å²) in [6.07, 6.45) is -1.47. The summed E-state index contributed by atoms with van der Waals surface area (Å²) in [5.74, 6) is -0.695. The van der Waals surface area contributed by atoms with Gasteiger partial charge in [0.05, 0.1) is 7.11 Å². The Morgan fingerprint density at radius 1 is 1.35 bits per heavy atom. The molecule has 0 aliphatic carbocycles. The topological polar surface area (TPSA) is 66.8 Å². The minimum absolute atomic E-state index is 0.116. The zero-order valence-electron chi connectivity index (χ0n) is 9.90. The number of ether oxygens (including phenoxy) is 1. The predicted octanol–water partition coefficient (Wildman–Crippen LogP) is 2.48. The van der Waals surface area contributed by atoms with Crippen LogP contribution in [0, 0.1) is 0 Å². The number of halogens is 1. The van der Waals surface area contributed by atoms with Crippen LogP contribution in [0.1, 0.15) is 37.0 Å². The molecule has 0 spiro atoms. The molecular weight excluding hydrogens is 288 g/mol. The van der Waals surface area contributed by atoms with E-state index in [1.165, 1.54) is 19.2 Å². The van der Waals surface area contributed by atoms with Crippen molar-refractivity contribution in [1.29, 1.82) is 0 Å². The van der Waals surface area contributed by atoms with Crippen LogP contribution in [0.3, 0.4) is 0 Å². The molecule has 17 heavy (non-hydrogen) atoms. The Morgan fingerprint density at radius 2 is 1.94 bits per heavy atom. The lowest BCUT2D eigenvalue weighted by Crippen LogP contribution is -2.14. The molecule has 1 unspecified atom stereocenters. The number of methoxy groups -OCH3 is 1. The van der Waals surface area contributed by atoms with Crippen molar-refractivity contribution in [2.24, 2.45) is 0 Å². The SMILES string of the molecule is COC(=O)C(O)c1cc(Br)c(C(C)C)cc1O. The number of esters is 1. The van der Waals surface area contributed by atoms with Gasteiger partial charge in [-0.05, 0) is 23.6 Å². The largest absolute Gasteiger partial charge is 0.508 e. The fraction of sp³-hybridized carbons (Fsp3) is 0.417. The molecule has 4 nitrogen and oxygen atoms in total. The smallest absolute Gasteiger partial charge is 0.339 e. The molecule has 0 amide bonds. The number of carbonyl (C=O) groups excluding carboxylic acids is 1. The van der Waals surface area contributed by atoms with E-state index in [4.69, 9.17) is 0 Å². The van der Waals surface area contributed by atoms with Crippen LogP contribution < -0.4 is 0 Å². The van der Waals surface area contributed by atoms with Gasteiger partial charge < -0.3 is 14.9 Å². The molecule has 0 bridgehead atoms. The number of aliphatic hydroxyl groups excluding tert-OH is 1. The van der Waals surface area contributed by atoms with Crippen molar-refractivity contribution < 1.29 is 19.7 Å². The van der Waals surface area contributed by atoms with Gasteiger partial charge in [-0.3, -0.25) is 0 Å². The molecule has 0 saturated carbocycles. The quantitative estimate of drug-likeness (QED) is 0.842. The van der Waals surface area contributed by atoms with E-state index in [0.717, 1.165) is 10.0 Å². The molecule has 0 fully saturated rings. The number of phenolic OH excluding ortho intramolecular Hbond substituents is 1. The number of aromatic hydroxyl groups is 1. The van der Waals surface area contributed by atoms with Gasteiger partial charge in [-0.25, -0.2) is 4.79 Å². The summed E-state index contributed by atoms with van der Waals surface area (Å²) in [4.78, 5) is 11.2. The van der Waals surface area contributed by atoms with Crippen LogP contribution in [-0.4, -0.2) is 23.3 Å². The first kappa shape index (κ1) is 14.0. The normalized spacial score (nSPS) is 12.6. The molecule has 0 radical (unpaired) electrons. The molecule has 0 aliphatic rings. The maximum Gasteiger partial charge on any atom is 0.339 e. The van der Waals surface area contributed by atoms with Gasteiger partial charge >= 0.3 is 5.97 Å². The highest BCUT2D eigenvalue weighted by molar-refractivity contribution is 9.10. The fourth-order valence-electron chi connectivity index (χ4n) is 1.49. The first-order valence-electron chi connectivity index (χ1n) is 5.16. The molecule has 94 valence electrons. The van der Waals surface area contributed by atoms with E-state index in [1.807, 2.05) is 13.8 Å². The van der Waals surface area contributed by atoms with E-state index in [9.17, 15) is 15.0 Å². The number of rotatable bonds is 3. The molecule has 0 aliphatic heterocycles. The third-order valence-electron chi connectivity index (χ3n) is 2.49. The van der Waals surface area contributed by atoms with Crippen molar-refractivity contribution in [3.05, 3.63) is 27.7 Å². The fourth-order valence-corrected chi connectivity index (χ4v) is 2.31. The Balaban J connectivity index is 3.20. The molecule has 1 atom stereocenters. The third-order valence-corrected chi connectivity index (χ3v) is 3.17. The van der Waals surface area contributed by atoms with Crippen LogP contribution in [0.25, 0.3) is 0 Å². The van der Waals surface area contributed by atoms with Crippen molar-refractivity contribution >= 4 is 21.9 Å². The summed E-state index contributed by atoms with van der Waals surface area (Å²) in [7, 11) is 1.18. The zero-order chi connectivity index (χ0) is 13.2. The Kier molecular flexibility index (Phi) is 4.54.